The van der Waals surface area contributed by atoms with Gasteiger partial charge in [0.15, 0.2) is 0 Å². The Hall–Kier alpha value is -5.47. The van der Waals surface area contributed by atoms with Gasteiger partial charge >= 0.3 is 0 Å². The first-order chi connectivity index (χ1) is 22.4. The van der Waals surface area contributed by atoms with Crippen molar-refractivity contribution in [2.24, 2.45) is 0 Å². The number of benzene rings is 7. The lowest BCUT2D eigenvalue weighted by atomic mass is 9.86. The summed E-state index contributed by atoms with van der Waals surface area (Å²) in [4.78, 5) is 4.96. The second-order valence-corrected chi connectivity index (χ2v) is 10.0. The highest BCUT2D eigenvalue weighted by molar-refractivity contribution is 6.21. The summed E-state index contributed by atoms with van der Waals surface area (Å²) >= 11 is 0. The molecule has 8 aromatic rings. The molecule has 0 aliphatic rings. The first-order valence-electron chi connectivity index (χ1n) is 16.1. The van der Waals surface area contributed by atoms with Gasteiger partial charge in [-0.05, 0) is 74.1 Å². The number of hydrogen-bond donors (Lipinski definition) is 0. The number of para-hydroxylation sites is 3. The third-order valence-electron chi connectivity index (χ3n) is 7.67. The minimum atomic E-state index is -0.426. The predicted octanol–water partition coefficient (Wildman–Crippen LogP) is 10.3. The van der Waals surface area contributed by atoms with Gasteiger partial charge in [0.25, 0.3) is 0 Å². The summed E-state index contributed by atoms with van der Waals surface area (Å²) in [5.74, 6) is 0.496. The average Bonchev–Trinajstić information content (AvgIpc) is 3.48. The zero-order chi connectivity index (χ0) is 31.5. The molecule has 0 saturated carbocycles. The molecule has 0 saturated heterocycles. The second kappa shape index (κ2) is 9.62. The number of fused-ring (bicyclic) bond motifs is 3. The molecule has 0 spiro atoms. The zero-order valence-electron chi connectivity index (χ0n) is 27.0. The summed E-state index contributed by atoms with van der Waals surface area (Å²) < 4.78 is 44.1. The molecular weight excluding hydrogens is 496 g/mol. The van der Waals surface area contributed by atoms with Crippen LogP contribution in [0.1, 0.15) is 6.85 Å². The number of nitrogens with zero attached hydrogens (tertiary/aromatic N) is 2. The third kappa shape index (κ3) is 3.84. The first kappa shape index (κ1) is 18.8. The molecule has 7 aromatic carbocycles. The van der Waals surface area contributed by atoms with Crippen molar-refractivity contribution in [2.75, 3.05) is 0 Å². The van der Waals surface area contributed by atoms with Crippen LogP contribution < -0.4 is 0 Å². The SMILES string of the molecule is [2H]c1c([2H])c([2H])c(-n2c(-c3cccc(-c4c5ccccc5c(-c5ccccc5)c5ccccc45)c3)nc3ccccc32)c([2H])c1[2H]. The standard InChI is InChI=1S/C39H26N2/c1-3-14-27(15-4-1)37-31-20-7-9-22-33(31)38(34-23-10-8-21-32(34)37)28-16-13-17-29(26-28)39-40-35-24-11-12-25-36(35)41(39)30-18-5-2-6-19-30/h1-26H/i2D,5D,6D,18D,19D. The monoisotopic (exact) mass is 527 g/mol. The molecular formula is C39H26N2. The lowest BCUT2D eigenvalue weighted by Crippen LogP contribution is -1.97. The van der Waals surface area contributed by atoms with Crippen LogP contribution in [0, 0.1) is 0 Å². The molecule has 0 bridgehead atoms. The van der Waals surface area contributed by atoms with Crippen LogP contribution in [0.15, 0.2) is 158 Å². The van der Waals surface area contributed by atoms with E-state index in [2.05, 4.69) is 84.9 Å². The van der Waals surface area contributed by atoms with Gasteiger partial charge in [0, 0.05) is 11.3 Å². The fraction of sp³-hybridized carbons (Fsp3) is 0. The summed E-state index contributed by atoms with van der Waals surface area (Å²) in [7, 11) is 0. The third-order valence-corrected chi connectivity index (χ3v) is 7.67. The van der Waals surface area contributed by atoms with E-state index in [1.807, 2.05) is 42.5 Å². The van der Waals surface area contributed by atoms with Crippen LogP contribution in [0.3, 0.4) is 0 Å². The van der Waals surface area contributed by atoms with Gasteiger partial charge in [-0.1, -0.05) is 127 Å². The lowest BCUT2D eigenvalue weighted by Gasteiger charge is -2.18. The lowest BCUT2D eigenvalue weighted by molar-refractivity contribution is 1.10. The van der Waals surface area contributed by atoms with Gasteiger partial charge in [-0.15, -0.1) is 0 Å². The van der Waals surface area contributed by atoms with Crippen molar-refractivity contribution in [1.82, 2.24) is 9.55 Å². The number of rotatable bonds is 4. The predicted molar refractivity (Wildman–Crippen MR) is 172 cm³/mol. The maximum absolute atomic E-state index is 8.77. The molecule has 8 rings (SSSR count). The van der Waals surface area contributed by atoms with E-state index in [4.69, 9.17) is 11.8 Å². The van der Waals surface area contributed by atoms with Crippen LogP contribution >= 0.6 is 0 Å². The Kier molecular flexibility index (Phi) is 4.40. The Balaban J connectivity index is 1.43. The van der Waals surface area contributed by atoms with Gasteiger partial charge in [-0.2, -0.15) is 0 Å². The van der Waals surface area contributed by atoms with Crippen molar-refractivity contribution in [3.05, 3.63) is 158 Å². The Morgan fingerprint density at radius 2 is 1.02 bits per heavy atom. The fourth-order valence-corrected chi connectivity index (χ4v) is 5.97. The van der Waals surface area contributed by atoms with Gasteiger partial charge < -0.3 is 0 Å². The van der Waals surface area contributed by atoms with Crippen molar-refractivity contribution in [1.29, 1.82) is 0 Å². The summed E-state index contributed by atoms with van der Waals surface area (Å²) in [6, 6.07) is 41.3. The van der Waals surface area contributed by atoms with Crippen LogP contribution in [-0.4, -0.2) is 9.55 Å². The normalized spacial score (nSPS) is 13.1. The first-order valence-corrected chi connectivity index (χ1v) is 13.6. The topological polar surface area (TPSA) is 17.8 Å². The van der Waals surface area contributed by atoms with Crippen molar-refractivity contribution >= 4 is 32.6 Å². The summed E-state index contributed by atoms with van der Waals surface area (Å²) in [6.45, 7) is 0. The van der Waals surface area contributed by atoms with E-state index in [0.717, 1.165) is 43.8 Å². The fourth-order valence-electron chi connectivity index (χ4n) is 5.97. The van der Waals surface area contributed by atoms with Gasteiger partial charge in [0.1, 0.15) is 5.82 Å². The maximum atomic E-state index is 8.77. The second-order valence-electron chi connectivity index (χ2n) is 10.0. The molecule has 2 nitrogen and oxygen atoms in total. The van der Waals surface area contributed by atoms with Gasteiger partial charge in [0.05, 0.1) is 17.9 Å². The molecule has 0 aliphatic heterocycles. The molecule has 2 heteroatoms. The van der Waals surface area contributed by atoms with E-state index >= 15 is 0 Å². The van der Waals surface area contributed by atoms with Crippen LogP contribution in [0.2, 0.25) is 0 Å². The number of hydrogen-bond acceptors (Lipinski definition) is 1. The Morgan fingerprint density at radius 1 is 0.488 bits per heavy atom. The van der Waals surface area contributed by atoms with Crippen LogP contribution in [0.5, 0.6) is 0 Å². The molecule has 192 valence electrons. The smallest absolute Gasteiger partial charge is 0.145 e. The molecule has 0 radical (unpaired) electrons. The van der Waals surface area contributed by atoms with Crippen molar-refractivity contribution in [3.8, 4) is 39.3 Å². The van der Waals surface area contributed by atoms with Crippen LogP contribution in [0.4, 0.5) is 0 Å². The molecule has 0 unspecified atom stereocenters. The minimum absolute atomic E-state index is 0.0724. The Morgan fingerprint density at radius 3 is 1.71 bits per heavy atom. The number of aromatic nitrogens is 2. The van der Waals surface area contributed by atoms with Crippen molar-refractivity contribution in [2.45, 2.75) is 0 Å². The van der Waals surface area contributed by atoms with Crippen molar-refractivity contribution < 1.29 is 6.85 Å². The van der Waals surface area contributed by atoms with E-state index in [0.29, 0.717) is 16.9 Å². The van der Waals surface area contributed by atoms with E-state index in [1.54, 1.807) is 4.57 Å². The van der Waals surface area contributed by atoms with E-state index in [9.17, 15) is 0 Å². The number of imidazole rings is 1. The summed E-state index contributed by atoms with van der Waals surface area (Å²) in [6.07, 6.45) is 0. The molecule has 0 N–H and O–H groups in total. The largest absolute Gasteiger partial charge is 0.292 e. The zero-order valence-corrected chi connectivity index (χ0v) is 22.0. The maximum Gasteiger partial charge on any atom is 0.145 e. The highest BCUT2D eigenvalue weighted by Gasteiger charge is 2.18. The molecule has 1 aromatic heterocycles. The Labute approximate surface area is 245 Å². The molecule has 1 heterocycles. The molecule has 0 aliphatic carbocycles. The van der Waals surface area contributed by atoms with E-state index in [1.165, 1.54) is 5.56 Å². The quantitative estimate of drug-likeness (QED) is 0.208. The van der Waals surface area contributed by atoms with Gasteiger partial charge in [-0.25, -0.2) is 4.98 Å². The van der Waals surface area contributed by atoms with Crippen molar-refractivity contribution in [3.63, 3.8) is 0 Å². The van der Waals surface area contributed by atoms with E-state index < -0.39 is 6.04 Å². The highest BCUT2D eigenvalue weighted by Crippen LogP contribution is 2.44. The molecule has 0 amide bonds. The molecule has 0 fully saturated rings. The summed E-state index contributed by atoms with van der Waals surface area (Å²) in [5.41, 5.74) is 6.59. The minimum Gasteiger partial charge on any atom is -0.292 e. The van der Waals surface area contributed by atoms with E-state index in [-0.39, 0.29) is 29.9 Å². The Bertz CT molecular complexity index is 2400. The summed E-state index contributed by atoms with van der Waals surface area (Å²) in [5, 5.41) is 4.55. The van der Waals surface area contributed by atoms with Crippen LogP contribution in [-0.2, 0) is 0 Å². The molecule has 41 heavy (non-hydrogen) atoms. The van der Waals surface area contributed by atoms with Gasteiger partial charge in [0.2, 0.25) is 0 Å². The average molecular weight is 528 g/mol. The van der Waals surface area contributed by atoms with Crippen LogP contribution in [0.25, 0.3) is 71.9 Å². The highest BCUT2D eigenvalue weighted by atomic mass is 15.1. The van der Waals surface area contributed by atoms with Gasteiger partial charge in [-0.3, -0.25) is 4.57 Å². The molecule has 0 atom stereocenters.